The molecule has 0 bridgehead atoms. The van der Waals surface area contributed by atoms with E-state index in [4.69, 9.17) is 5.73 Å². The van der Waals surface area contributed by atoms with Crippen molar-refractivity contribution in [1.29, 1.82) is 0 Å². The van der Waals surface area contributed by atoms with Crippen molar-refractivity contribution in [3.8, 4) is 0 Å². The van der Waals surface area contributed by atoms with Gasteiger partial charge in [0.15, 0.2) is 0 Å². The fourth-order valence-electron chi connectivity index (χ4n) is 1.87. The summed E-state index contributed by atoms with van der Waals surface area (Å²) < 4.78 is 0. The number of nitro benzene ring substituents is 1. The van der Waals surface area contributed by atoms with Crippen LogP contribution in [0.15, 0.2) is 18.2 Å². The van der Waals surface area contributed by atoms with E-state index < -0.39 is 10.8 Å². The standard InChI is InChI=1S/C13H19N3O3/c1-13(2,3)8-15(4)12(17)10-7-9(14)5-6-11(10)16(18)19/h5-7H,8,14H2,1-4H3. The third kappa shape index (κ3) is 3.94. The smallest absolute Gasteiger partial charge is 0.282 e. The van der Waals surface area contributed by atoms with Crippen LogP contribution in [-0.4, -0.2) is 29.3 Å². The van der Waals surface area contributed by atoms with Crippen LogP contribution in [0.25, 0.3) is 0 Å². The van der Waals surface area contributed by atoms with Crippen molar-refractivity contribution in [2.75, 3.05) is 19.3 Å². The summed E-state index contributed by atoms with van der Waals surface area (Å²) in [7, 11) is 1.63. The van der Waals surface area contributed by atoms with E-state index in [0.29, 0.717) is 12.2 Å². The van der Waals surface area contributed by atoms with Gasteiger partial charge in [-0.15, -0.1) is 0 Å². The van der Waals surface area contributed by atoms with Gasteiger partial charge in [0.05, 0.1) is 4.92 Å². The molecule has 0 aliphatic heterocycles. The molecule has 1 amide bonds. The fraction of sp³-hybridized carbons (Fsp3) is 0.462. The normalized spacial score (nSPS) is 11.2. The van der Waals surface area contributed by atoms with Crippen LogP contribution in [0.1, 0.15) is 31.1 Å². The highest BCUT2D eigenvalue weighted by Crippen LogP contribution is 2.24. The molecule has 0 unspecified atom stereocenters. The summed E-state index contributed by atoms with van der Waals surface area (Å²) in [5.74, 6) is -0.395. The van der Waals surface area contributed by atoms with Gasteiger partial charge in [0.1, 0.15) is 5.56 Å². The van der Waals surface area contributed by atoms with Crippen molar-refractivity contribution in [2.24, 2.45) is 5.41 Å². The summed E-state index contributed by atoms with van der Waals surface area (Å²) in [5, 5.41) is 10.9. The van der Waals surface area contributed by atoms with E-state index in [1.54, 1.807) is 7.05 Å². The molecule has 0 aliphatic carbocycles. The topological polar surface area (TPSA) is 89.5 Å². The summed E-state index contributed by atoms with van der Waals surface area (Å²) >= 11 is 0. The van der Waals surface area contributed by atoms with Gasteiger partial charge in [-0.3, -0.25) is 14.9 Å². The van der Waals surface area contributed by atoms with Gasteiger partial charge >= 0.3 is 0 Å². The number of amides is 1. The Hall–Kier alpha value is -2.11. The van der Waals surface area contributed by atoms with E-state index in [2.05, 4.69) is 0 Å². The van der Waals surface area contributed by atoms with Crippen LogP contribution in [0.5, 0.6) is 0 Å². The predicted molar refractivity (Wildman–Crippen MR) is 73.9 cm³/mol. The Balaban J connectivity index is 3.11. The first-order valence-electron chi connectivity index (χ1n) is 5.91. The zero-order chi connectivity index (χ0) is 14.8. The lowest BCUT2D eigenvalue weighted by Crippen LogP contribution is -2.34. The van der Waals surface area contributed by atoms with Crippen molar-refractivity contribution < 1.29 is 9.72 Å². The molecule has 2 N–H and O–H groups in total. The largest absolute Gasteiger partial charge is 0.399 e. The SMILES string of the molecule is CN(CC(C)(C)C)C(=O)c1cc(N)ccc1[N+](=O)[O-]. The van der Waals surface area contributed by atoms with E-state index in [9.17, 15) is 14.9 Å². The Kier molecular flexibility index (Phi) is 4.14. The number of nitrogen functional groups attached to an aromatic ring is 1. The molecule has 6 nitrogen and oxygen atoms in total. The predicted octanol–water partition coefficient (Wildman–Crippen LogP) is 2.30. The molecular formula is C13H19N3O3. The number of anilines is 1. The second kappa shape index (κ2) is 5.26. The highest BCUT2D eigenvalue weighted by Gasteiger charge is 2.25. The van der Waals surface area contributed by atoms with E-state index in [-0.39, 0.29) is 16.7 Å². The third-order valence-corrected chi connectivity index (χ3v) is 2.51. The molecule has 1 rings (SSSR count). The summed E-state index contributed by atoms with van der Waals surface area (Å²) in [4.78, 5) is 24.1. The molecule has 0 saturated carbocycles. The highest BCUT2D eigenvalue weighted by molar-refractivity contribution is 5.98. The van der Waals surface area contributed by atoms with Gasteiger partial charge < -0.3 is 10.6 Å². The molecular weight excluding hydrogens is 246 g/mol. The molecule has 0 aromatic heterocycles. The number of nitro groups is 1. The third-order valence-electron chi connectivity index (χ3n) is 2.51. The van der Waals surface area contributed by atoms with Gasteiger partial charge in [-0.2, -0.15) is 0 Å². The molecule has 104 valence electrons. The molecule has 6 heteroatoms. The maximum Gasteiger partial charge on any atom is 0.282 e. The zero-order valence-corrected chi connectivity index (χ0v) is 11.6. The molecule has 19 heavy (non-hydrogen) atoms. The van der Waals surface area contributed by atoms with Gasteiger partial charge in [0, 0.05) is 25.3 Å². The van der Waals surface area contributed by atoms with Crippen LogP contribution in [0.3, 0.4) is 0 Å². The Morgan fingerprint density at radius 2 is 2.00 bits per heavy atom. The first-order chi connectivity index (χ1) is 8.61. The first-order valence-corrected chi connectivity index (χ1v) is 5.91. The van der Waals surface area contributed by atoms with E-state index >= 15 is 0 Å². The van der Waals surface area contributed by atoms with Gasteiger partial charge in [0.25, 0.3) is 11.6 Å². The summed E-state index contributed by atoms with van der Waals surface area (Å²) in [5.41, 5.74) is 5.65. The van der Waals surface area contributed by atoms with E-state index in [0.717, 1.165) is 0 Å². The van der Waals surface area contributed by atoms with Crippen LogP contribution in [-0.2, 0) is 0 Å². The molecule has 0 spiro atoms. The molecule has 1 aromatic rings. The van der Waals surface area contributed by atoms with Gasteiger partial charge in [0.2, 0.25) is 0 Å². The molecule has 0 fully saturated rings. The summed E-state index contributed by atoms with van der Waals surface area (Å²) in [6.07, 6.45) is 0. The second-order valence-corrected chi connectivity index (χ2v) is 5.76. The molecule has 0 saturated heterocycles. The molecule has 0 heterocycles. The lowest BCUT2D eigenvalue weighted by Gasteiger charge is -2.26. The first kappa shape index (κ1) is 14.9. The summed E-state index contributed by atoms with van der Waals surface area (Å²) in [6, 6.07) is 4.02. The van der Waals surface area contributed by atoms with Crippen molar-refractivity contribution in [3.63, 3.8) is 0 Å². The van der Waals surface area contributed by atoms with Crippen LogP contribution in [0.2, 0.25) is 0 Å². The van der Waals surface area contributed by atoms with Crippen LogP contribution in [0.4, 0.5) is 11.4 Å². The Morgan fingerprint density at radius 1 is 1.42 bits per heavy atom. The number of hydrogen-bond acceptors (Lipinski definition) is 4. The summed E-state index contributed by atoms with van der Waals surface area (Å²) in [6.45, 7) is 6.47. The van der Waals surface area contributed by atoms with Gasteiger partial charge in [-0.25, -0.2) is 0 Å². The maximum absolute atomic E-state index is 12.3. The van der Waals surface area contributed by atoms with Crippen LogP contribution < -0.4 is 5.73 Å². The van der Waals surface area contributed by atoms with Crippen LogP contribution in [0, 0.1) is 15.5 Å². The Morgan fingerprint density at radius 3 is 2.47 bits per heavy atom. The Bertz CT molecular complexity index is 506. The number of nitrogens with two attached hydrogens (primary N) is 1. The molecule has 0 aliphatic rings. The average Bonchev–Trinajstić information content (AvgIpc) is 2.25. The lowest BCUT2D eigenvalue weighted by atomic mass is 9.96. The molecule has 0 atom stereocenters. The highest BCUT2D eigenvalue weighted by atomic mass is 16.6. The molecule has 1 aromatic carbocycles. The second-order valence-electron chi connectivity index (χ2n) is 5.76. The van der Waals surface area contributed by atoms with Gasteiger partial charge in [-0.1, -0.05) is 20.8 Å². The number of rotatable bonds is 3. The number of carbonyl (C=O) groups is 1. The Labute approximate surface area is 112 Å². The van der Waals surface area contributed by atoms with Gasteiger partial charge in [-0.05, 0) is 17.5 Å². The van der Waals surface area contributed by atoms with Crippen molar-refractivity contribution in [1.82, 2.24) is 4.90 Å². The minimum atomic E-state index is -0.572. The average molecular weight is 265 g/mol. The zero-order valence-electron chi connectivity index (χ0n) is 11.6. The number of hydrogen-bond donors (Lipinski definition) is 1. The monoisotopic (exact) mass is 265 g/mol. The quantitative estimate of drug-likeness (QED) is 0.516. The van der Waals surface area contributed by atoms with E-state index in [1.807, 2.05) is 20.8 Å². The number of carbonyl (C=O) groups excluding carboxylic acids is 1. The lowest BCUT2D eigenvalue weighted by molar-refractivity contribution is -0.385. The molecule has 0 radical (unpaired) electrons. The van der Waals surface area contributed by atoms with Crippen LogP contribution >= 0.6 is 0 Å². The van der Waals surface area contributed by atoms with Crippen molar-refractivity contribution >= 4 is 17.3 Å². The van der Waals surface area contributed by atoms with Crippen molar-refractivity contribution in [3.05, 3.63) is 33.9 Å². The fourth-order valence-corrected chi connectivity index (χ4v) is 1.87. The number of benzene rings is 1. The number of nitrogens with zero attached hydrogens (tertiary/aromatic N) is 2. The minimum Gasteiger partial charge on any atom is -0.399 e. The minimum absolute atomic E-state index is 0.0248. The van der Waals surface area contributed by atoms with E-state index in [1.165, 1.54) is 23.1 Å². The van der Waals surface area contributed by atoms with Crippen molar-refractivity contribution in [2.45, 2.75) is 20.8 Å². The maximum atomic E-state index is 12.3.